The van der Waals surface area contributed by atoms with Crippen molar-refractivity contribution in [2.75, 3.05) is 38.2 Å². The summed E-state index contributed by atoms with van der Waals surface area (Å²) in [5.41, 5.74) is 0. The van der Waals surface area contributed by atoms with Crippen molar-refractivity contribution in [3.63, 3.8) is 0 Å². The van der Waals surface area contributed by atoms with Crippen LogP contribution in [0.2, 0.25) is 0 Å². The predicted molar refractivity (Wildman–Crippen MR) is 74.0 cm³/mol. The van der Waals surface area contributed by atoms with Gasteiger partial charge in [-0.15, -0.1) is 0 Å². The van der Waals surface area contributed by atoms with Crippen molar-refractivity contribution in [1.82, 2.24) is 14.9 Å². The normalized spacial score (nSPS) is 25.6. The molecule has 1 N–H and O–H groups in total. The van der Waals surface area contributed by atoms with Crippen LogP contribution in [0.25, 0.3) is 0 Å². The molecule has 1 atom stereocenters. The second-order valence-electron chi connectivity index (χ2n) is 5.52. The van der Waals surface area contributed by atoms with Gasteiger partial charge < -0.3 is 15.0 Å². The van der Waals surface area contributed by atoms with E-state index in [0.29, 0.717) is 6.04 Å². The van der Waals surface area contributed by atoms with Crippen LogP contribution in [0.15, 0.2) is 18.5 Å². The van der Waals surface area contributed by atoms with Gasteiger partial charge in [-0.05, 0) is 31.2 Å². The topological polar surface area (TPSA) is 50.3 Å². The summed E-state index contributed by atoms with van der Waals surface area (Å²) in [4.78, 5) is 11.0. The summed E-state index contributed by atoms with van der Waals surface area (Å²) in [6.45, 7) is 5.45. The van der Waals surface area contributed by atoms with Crippen molar-refractivity contribution in [2.45, 2.75) is 25.3 Å². The molecule has 5 heteroatoms. The quantitative estimate of drug-likeness (QED) is 0.888. The molecule has 0 aromatic carbocycles. The Morgan fingerprint density at radius 3 is 2.68 bits per heavy atom. The Hall–Kier alpha value is -1.20. The zero-order chi connectivity index (χ0) is 12.9. The number of rotatable bonds is 4. The van der Waals surface area contributed by atoms with Crippen LogP contribution in [-0.4, -0.2) is 53.8 Å². The van der Waals surface area contributed by atoms with Gasteiger partial charge in [-0.3, -0.25) is 0 Å². The molecule has 2 fully saturated rings. The van der Waals surface area contributed by atoms with E-state index < -0.39 is 0 Å². The van der Waals surface area contributed by atoms with Gasteiger partial charge in [0, 0.05) is 44.7 Å². The molecule has 0 spiro atoms. The van der Waals surface area contributed by atoms with Crippen LogP contribution in [0.5, 0.6) is 0 Å². The van der Waals surface area contributed by atoms with Gasteiger partial charge in [0.1, 0.15) is 0 Å². The van der Waals surface area contributed by atoms with E-state index in [1.165, 1.54) is 38.9 Å². The second kappa shape index (κ2) is 6.30. The van der Waals surface area contributed by atoms with Crippen LogP contribution in [0.1, 0.15) is 19.3 Å². The van der Waals surface area contributed by atoms with Gasteiger partial charge in [0.25, 0.3) is 0 Å². The fourth-order valence-electron chi connectivity index (χ4n) is 2.91. The molecule has 104 valence electrons. The smallest absolute Gasteiger partial charge is 0.222 e. The Kier molecular flexibility index (Phi) is 4.25. The molecule has 19 heavy (non-hydrogen) atoms. The largest absolute Gasteiger partial charge is 0.381 e. The van der Waals surface area contributed by atoms with Crippen LogP contribution in [0, 0.1) is 5.92 Å². The van der Waals surface area contributed by atoms with Crippen molar-refractivity contribution in [3.05, 3.63) is 18.5 Å². The minimum absolute atomic E-state index is 0.512. The number of hydrogen-bond donors (Lipinski definition) is 1. The Labute approximate surface area is 114 Å². The van der Waals surface area contributed by atoms with E-state index in [2.05, 4.69) is 20.2 Å². The molecule has 3 rings (SSSR count). The highest BCUT2D eigenvalue weighted by Gasteiger charge is 2.23. The van der Waals surface area contributed by atoms with E-state index in [9.17, 15) is 0 Å². The van der Waals surface area contributed by atoms with Gasteiger partial charge in [0.2, 0.25) is 5.95 Å². The van der Waals surface area contributed by atoms with Gasteiger partial charge in [0.05, 0.1) is 6.61 Å². The van der Waals surface area contributed by atoms with Crippen LogP contribution in [-0.2, 0) is 4.74 Å². The van der Waals surface area contributed by atoms with Crippen LogP contribution >= 0.6 is 0 Å². The third-order valence-corrected chi connectivity index (χ3v) is 4.03. The lowest BCUT2D eigenvalue weighted by molar-refractivity contribution is 0.154. The van der Waals surface area contributed by atoms with Gasteiger partial charge in [-0.1, -0.05) is 0 Å². The monoisotopic (exact) mass is 262 g/mol. The molecule has 0 amide bonds. The molecule has 2 aliphatic heterocycles. The van der Waals surface area contributed by atoms with Crippen molar-refractivity contribution < 1.29 is 4.74 Å². The average Bonchev–Trinajstić information content (AvgIpc) is 2.95. The first-order valence-electron chi connectivity index (χ1n) is 7.24. The maximum absolute atomic E-state index is 5.44. The second-order valence-corrected chi connectivity index (χ2v) is 5.52. The summed E-state index contributed by atoms with van der Waals surface area (Å²) >= 11 is 0. The molecule has 1 aromatic heterocycles. The van der Waals surface area contributed by atoms with Crippen molar-refractivity contribution in [2.24, 2.45) is 5.92 Å². The highest BCUT2D eigenvalue weighted by Crippen LogP contribution is 2.18. The van der Waals surface area contributed by atoms with E-state index >= 15 is 0 Å². The highest BCUT2D eigenvalue weighted by molar-refractivity contribution is 5.24. The Morgan fingerprint density at radius 1 is 1.21 bits per heavy atom. The number of nitrogens with zero attached hydrogens (tertiary/aromatic N) is 3. The summed E-state index contributed by atoms with van der Waals surface area (Å²) < 4.78 is 5.44. The fraction of sp³-hybridized carbons (Fsp3) is 0.714. The molecular formula is C14H22N4O. The number of ether oxygens (including phenoxy) is 1. The number of piperidine rings is 1. The fourth-order valence-corrected chi connectivity index (χ4v) is 2.91. The molecule has 1 unspecified atom stereocenters. The maximum atomic E-state index is 5.44. The van der Waals surface area contributed by atoms with E-state index in [0.717, 1.165) is 25.1 Å². The van der Waals surface area contributed by atoms with E-state index in [4.69, 9.17) is 4.74 Å². The number of aromatic nitrogens is 2. The molecule has 0 radical (unpaired) electrons. The van der Waals surface area contributed by atoms with Crippen molar-refractivity contribution in [3.8, 4) is 0 Å². The van der Waals surface area contributed by atoms with Gasteiger partial charge in [-0.2, -0.15) is 0 Å². The summed E-state index contributed by atoms with van der Waals surface area (Å²) in [6, 6.07) is 2.36. The van der Waals surface area contributed by atoms with Gasteiger partial charge >= 0.3 is 0 Å². The first kappa shape index (κ1) is 12.8. The standard InChI is InChI=1S/C14H22N4O/c1-5-15-14(16-6-1)17-13-2-7-18(8-3-13)10-12-4-9-19-11-12/h1,5-6,12-13H,2-4,7-11H2,(H,15,16,17). The molecule has 0 aliphatic carbocycles. The molecule has 2 aliphatic rings. The van der Waals surface area contributed by atoms with Crippen molar-refractivity contribution in [1.29, 1.82) is 0 Å². The zero-order valence-electron chi connectivity index (χ0n) is 11.3. The van der Waals surface area contributed by atoms with Crippen molar-refractivity contribution >= 4 is 5.95 Å². The summed E-state index contributed by atoms with van der Waals surface area (Å²) in [5, 5.41) is 3.42. The molecule has 2 saturated heterocycles. The van der Waals surface area contributed by atoms with Crippen LogP contribution < -0.4 is 5.32 Å². The summed E-state index contributed by atoms with van der Waals surface area (Å²) in [5.74, 6) is 1.51. The van der Waals surface area contributed by atoms with E-state index in [-0.39, 0.29) is 0 Å². The average molecular weight is 262 g/mol. The Balaban J connectivity index is 1.41. The van der Waals surface area contributed by atoms with E-state index in [1.54, 1.807) is 12.4 Å². The number of hydrogen-bond acceptors (Lipinski definition) is 5. The lowest BCUT2D eigenvalue weighted by Crippen LogP contribution is -2.41. The van der Waals surface area contributed by atoms with Gasteiger partial charge in [-0.25, -0.2) is 9.97 Å². The molecule has 1 aromatic rings. The highest BCUT2D eigenvalue weighted by atomic mass is 16.5. The molecule has 5 nitrogen and oxygen atoms in total. The Bertz CT molecular complexity index is 372. The minimum atomic E-state index is 0.512. The summed E-state index contributed by atoms with van der Waals surface area (Å²) in [7, 11) is 0. The predicted octanol–water partition coefficient (Wildman–Crippen LogP) is 1.39. The van der Waals surface area contributed by atoms with Gasteiger partial charge in [0.15, 0.2) is 0 Å². The van der Waals surface area contributed by atoms with E-state index in [1.807, 2.05) is 6.07 Å². The first-order valence-corrected chi connectivity index (χ1v) is 7.24. The molecule has 3 heterocycles. The third-order valence-electron chi connectivity index (χ3n) is 4.03. The zero-order valence-corrected chi connectivity index (χ0v) is 11.3. The number of anilines is 1. The maximum Gasteiger partial charge on any atom is 0.222 e. The Morgan fingerprint density at radius 2 is 2.00 bits per heavy atom. The molecule has 0 bridgehead atoms. The lowest BCUT2D eigenvalue weighted by atomic mass is 10.0. The molecule has 0 saturated carbocycles. The lowest BCUT2D eigenvalue weighted by Gasteiger charge is -2.33. The summed E-state index contributed by atoms with van der Waals surface area (Å²) in [6.07, 6.45) is 7.14. The SMILES string of the molecule is c1cnc(NC2CCN(CC3CCOC3)CC2)nc1. The molecular weight excluding hydrogens is 240 g/mol. The van der Waals surface area contributed by atoms with Crippen LogP contribution in [0.4, 0.5) is 5.95 Å². The first-order chi connectivity index (χ1) is 9.40. The number of nitrogens with one attached hydrogen (secondary N) is 1. The van der Waals surface area contributed by atoms with Crippen LogP contribution in [0.3, 0.4) is 0 Å². The minimum Gasteiger partial charge on any atom is -0.381 e. The number of likely N-dealkylation sites (tertiary alicyclic amines) is 1. The third kappa shape index (κ3) is 3.64.